The average Bonchev–Trinajstić information content (AvgIpc) is 2.46. The summed E-state index contributed by atoms with van der Waals surface area (Å²) in [6.07, 6.45) is 2.38. The second-order valence-electron chi connectivity index (χ2n) is 5.71. The van der Waals surface area contributed by atoms with E-state index in [1.807, 2.05) is 0 Å². The van der Waals surface area contributed by atoms with Gasteiger partial charge in [-0.3, -0.25) is 14.9 Å². The summed E-state index contributed by atoms with van der Waals surface area (Å²) in [6.45, 7) is 1.67. The van der Waals surface area contributed by atoms with Gasteiger partial charge >= 0.3 is 0 Å². The molecule has 0 radical (unpaired) electrons. The number of nitro groups is 1. The molecular formula is C14H18N4O3. The number of fused-ring (bicyclic) bond motifs is 1. The largest absolute Gasteiger partial charge is 0.393 e. The van der Waals surface area contributed by atoms with Gasteiger partial charge in [-0.25, -0.2) is 0 Å². The maximum atomic E-state index is 11.4. The fourth-order valence-electron chi connectivity index (χ4n) is 3.25. The zero-order valence-electron chi connectivity index (χ0n) is 11.6. The van der Waals surface area contributed by atoms with E-state index in [0.29, 0.717) is 12.3 Å². The van der Waals surface area contributed by atoms with E-state index in [1.54, 1.807) is 12.1 Å². The SMILES string of the molecule is Nc1cc(N2CCC3NC(=O)CCC3C2)ccc1[N+](=O)[O-]. The third kappa shape index (κ3) is 2.63. The first kappa shape index (κ1) is 13.7. The molecule has 7 heteroatoms. The smallest absolute Gasteiger partial charge is 0.292 e. The number of rotatable bonds is 2. The highest BCUT2D eigenvalue weighted by atomic mass is 16.6. The summed E-state index contributed by atoms with van der Waals surface area (Å²) in [6, 6.07) is 5.13. The average molecular weight is 290 g/mol. The van der Waals surface area contributed by atoms with Crippen LogP contribution in [0.3, 0.4) is 0 Å². The molecule has 2 aliphatic rings. The van der Waals surface area contributed by atoms with Gasteiger partial charge in [0.2, 0.25) is 5.91 Å². The molecule has 1 aromatic carbocycles. The standard InChI is InChI=1S/C14H18N4O3/c15-11-7-10(2-3-13(11)18(20)21)17-6-5-12-9(8-17)1-4-14(19)16-12/h2-3,7,9,12H,1,4-6,8,15H2,(H,16,19). The lowest BCUT2D eigenvalue weighted by Gasteiger charge is -2.42. The van der Waals surface area contributed by atoms with E-state index in [1.165, 1.54) is 6.07 Å². The van der Waals surface area contributed by atoms with Crippen molar-refractivity contribution in [1.29, 1.82) is 0 Å². The van der Waals surface area contributed by atoms with Crippen molar-refractivity contribution in [3.63, 3.8) is 0 Å². The number of nitrogens with one attached hydrogen (secondary N) is 1. The molecule has 2 heterocycles. The molecule has 0 bridgehead atoms. The van der Waals surface area contributed by atoms with Crippen molar-refractivity contribution in [3.05, 3.63) is 28.3 Å². The minimum Gasteiger partial charge on any atom is -0.393 e. The van der Waals surface area contributed by atoms with Crippen LogP contribution in [-0.2, 0) is 4.79 Å². The van der Waals surface area contributed by atoms with Gasteiger partial charge in [0, 0.05) is 37.3 Å². The molecule has 0 aromatic heterocycles. The number of piperidine rings is 2. The fourth-order valence-corrected chi connectivity index (χ4v) is 3.25. The van der Waals surface area contributed by atoms with Gasteiger partial charge < -0.3 is 16.0 Å². The molecule has 2 unspecified atom stereocenters. The van der Waals surface area contributed by atoms with Crippen LogP contribution < -0.4 is 16.0 Å². The second kappa shape index (κ2) is 5.23. The van der Waals surface area contributed by atoms with Crippen molar-refractivity contribution in [2.75, 3.05) is 23.7 Å². The molecule has 1 aromatic rings. The lowest BCUT2D eigenvalue weighted by molar-refractivity contribution is -0.383. The van der Waals surface area contributed by atoms with Crippen molar-refractivity contribution >= 4 is 23.0 Å². The third-order valence-corrected chi connectivity index (χ3v) is 4.40. The highest BCUT2D eigenvalue weighted by Crippen LogP contribution is 2.32. The minimum absolute atomic E-state index is 0.0569. The van der Waals surface area contributed by atoms with Gasteiger partial charge in [-0.2, -0.15) is 0 Å². The van der Waals surface area contributed by atoms with Gasteiger partial charge in [0.25, 0.3) is 5.69 Å². The Morgan fingerprint density at radius 2 is 2.19 bits per heavy atom. The Morgan fingerprint density at radius 3 is 2.90 bits per heavy atom. The summed E-state index contributed by atoms with van der Waals surface area (Å²) >= 11 is 0. The van der Waals surface area contributed by atoms with E-state index in [9.17, 15) is 14.9 Å². The van der Waals surface area contributed by atoms with Crippen molar-refractivity contribution in [2.45, 2.75) is 25.3 Å². The minimum atomic E-state index is -0.470. The Labute approximate surface area is 122 Å². The Morgan fingerprint density at radius 1 is 1.38 bits per heavy atom. The molecule has 3 N–H and O–H groups in total. The summed E-state index contributed by atoms with van der Waals surface area (Å²) in [5.41, 5.74) is 6.80. The molecule has 21 heavy (non-hydrogen) atoms. The van der Waals surface area contributed by atoms with Crippen LogP contribution in [0.25, 0.3) is 0 Å². The number of carbonyl (C=O) groups excluding carboxylic acids is 1. The van der Waals surface area contributed by atoms with Crippen molar-refractivity contribution in [1.82, 2.24) is 5.32 Å². The summed E-state index contributed by atoms with van der Waals surface area (Å²) < 4.78 is 0. The Balaban J connectivity index is 1.75. The second-order valence-corrected chi connectivity index (χ2v) is 5.71. The van der Waals surface area contributed by atoms with Crippen molar-refractivity contribution < 1.29 is 9.72 Å². The van der Waals surface area contributed by atoms with Crippen LogP contribution in [0.1, 0.15) is 19.3 Å². The zero-order valence-corrected chi connectivity index (χ0v) is 11.6. The number of nitrogens with zero attached hydrogens (tertiary/aromatic N) is 2. The third-order valence-electron chi connectivity index (χ3n) is 4.40. The molecule has 2 aliphatic heterocycles. The van der Waals surface area contributed by atoms with Crippen LogP contribution in [0.2, 0.25) is 0 Å². The normalized spacial score (nSPS) is 25.1. The molecule has 2 saturated heterocycles. The predicted octanol–water partition coefficient (Wildman–Crippen LogP) is 1.28. The molecule has 2 atom stereocenters. The first-order valence-corrected chi connectivity index (χ1v) is 7.13. The first-order valence-electron chi connectivity index (χ1n) is 7.13. The number of hydrogen-bond donors (Lipinski definition) is 2. The number of nitrogens with two attached hydrogens (primary N) is 1. The van der Waals surface area contributed by atoms with E-state index in [0.717, 1.165) is 31.6 Å². The molecule has 112 valence electrons. The number of anilines is 2. The molecule has 3 rings (SSSR count). The van der Waals surface area contributed by atoms with Crippen LogP contribution in [0.15, 0.2) is 18.2 Å². The Kier molecular flexibility index (Phi) is 3.40. The van der Waals surface area contributed by atoms with E-state index >= 15 is 0 Å². The molecule has 0 spiro atoms. The number of nitro benzene ring substituents is 1. The number of hydrogen-bond acceptors (Lipinski definition) is 5. The molecule has 2 fully saturated rings. The summed E-state index contributed by atoms with van der Waals surface area (Å²) in [4.78, 5) is 23.9. The van der Waals surface area contributed by atoms with Crippen LogP contribution in [-0.4, -0.2) is 30.0 Å². The number of carbonyl (C=O) groups is 1. The molecule has 1 amide bonds. The highest BCUT2D eigenvalue weighted by Gasteiger charge is 2.34. The van der Waals surface area contributed by atoms with E-state index in [-0.39, 0.29) is 23.3 Å². The van der Waals surface area contributed by atoms with Crippen molar-refractivity contribution in [3.8, 4) is 0 Å². The van der Waals surface area contributed by atoms with E-state index < -0.39 is 4.92 Å². The quantitative estimate of drug-likeness (QED) is 0.485. The van der Waals surface area contributed by atoms with Gasteiger partial charge in [-0.15, -0.1) is 0 Å². The van der Waals surface area contributed by atoms with Gasteiger partial charge in [0.05, 0.1) is 4.92 Å². The Hall–Kier alpha value is -2.31. The summed E-state index contributed by atoms with van der Waals surface area (Å²) in [7, 11) is 0. The topological polar surface area (TPSA) is 102 Å². The monoisotopic (exact) mass is 290 g/mol. The van der Waals surface area contributed by atoms with E-state index in [4.69, 9.17) is 5.73 Å². The maximum Gasteiger partial charge on any atom is 0.292 e. The molecular weight excluding hydrogens is 272 g/mol. The number of amides is 1. The Bertz CT molecular complexity index is 590. The number of benzene rings is 1. The lowest BCUT2D eigenvalue weighted by atomic mass is 9.85. The highest BCUT2D eigenvalue weighted by molar-refractivity contribution is 5.77. The number of nitrogen functional groups attached to an aromatic ring is 1. The molecule has 7 nitrogen and oxygen atoms in total. The maximum absolute atomic E-state index is 11.4. The first-order chi connectivity index (χ1) is 10.0. The van der Waals surface area contributed by atoms with Gasteiger partial charge in [0.15, 0.2) is 0 Å². The summed E-state index contributed by atoms with van der Waals surface area (Å²) in [5, 5.41) is 13.8. The van der Waals surface area contributed by atoms with Crippen LogP contribution >= 0.6 is 0 Å². The predicted molar refractivity (Wildman–Crippen MR) is 79.0 cm³/mol. The fraction of sp³-hybridized carbons (Fsp3) is 0.500. The van der Waals surface area contributed by atoms with Gasteiger partial charge in [0.1, 0.15) is 5.69 Å². The van der Waals surface area contributed by atoms with Crippen LogP contribution in [0.5, 0.6) is 0 Å². The van der Waals surface area contributed by atoms with E-state index in [2.05, 4.69) is 10.2 Å². The molecule has 0 aliphatic carbocycles. The van der Waals surface area contributed by atoms with Crippen LogP contribution in [0, 0.1) is 16.0 Å². The van der Waals surface area contributed by atoms with Crippen molar-refractivity contribution in [2.24, 2.45) is 5.92 Å². The lowest BCUT2D eigenvalue weighted by Crippen LogP contribution is -2.54. The molecule has 0 saturated carbocycles. The summed E-state index contributed by atoms with van der Waals surface area (Å²) in [5.74, 6) is 0.581. The van der Waals surface area contributed by atoms with Gasteiger partial charge in [-0.1, -0.05) is 0 Å². The van der Waals surface area contributed by atoms with Gasteiger partial charge in [-0.05, 0) is 30.9 Å². The van der Waals surface area contributed by atoms with Crippen LogP contribution in [0.4, 0.5) is 17.1 Å². The zero-order chi connectivity index (χ0) is 15.0.